The first-order valence-corrected chi connectivity index (χ1v) is 6.35. The lowest BCUT2D eigenvalue weighted by Gasteiger charge is -2.26. The van der Waals surface area contributed by atoms with E-state index in [0.29, 0.717) is 18.6 Å². The fourth-order valence-corrected chi connectivity index (χ4v) is 2.13. The molecule has 0 atom stereocenters. The van der Waals surface area contributed by atoms with Gasteiger partial charge in [0.15, 0.2) is 5.82 Å². The summed E-state index contributed by atoms with van der Waals surface area (Å²) in [6.07, 6.45) is 2.94. The van der Waals surface area contributed by atoms with E-state index in [-0.39, 0.29) is 0 Å². The lowest BCUT2D eigenvalue weighted by molar-refractivity contribution is -0.119. The number of pyridine rings is 1. The van der Waals surface area contributed by atoms with E-state index in [9.17, 15) is 4.79 Å². The number of Topliss-reactive ketones (excluding diaryl/α,β-unsaturated/α-hetero) is 1. The van der Waals surface area contributed by atoms with Crippen molar-refractivity contribution < 1.29 is 4.79 Å². The molecule has 0 aromatic carbocycles. The fourth-order valence-electron chi connectivity index (χ4n) is 2.13. The number of anilines is 1. The van der Waals surface area contributed by atoms with Gasteiger partial charge in [-0.1, -0.05) is 6.07 Å². The normalized spacial score (nSPS) is 15.6. The van der Waals surface area contributed by atoms with Crippen molar-refractivity contribution in [1.29, 1.82) is 0 Å². The van der Waals surface area contributed by atoms with Crippen LogP contribution in [-0.4, -0.2) is 34.1 Å². The average molecular weight is 254 g/mol. The smallest absolute Gasteiger partial charge is 0.151 e. The second-order valence-electron chi connectivity index (χ2n) is 4.52. The lowest BCUT2D eigenvalue weighted by Crippen LogP contribution is -2.34. The summed E-state index contributed by atoms with van der Waals surface area (Å²) in [4.78, 5) is 17.5. The van der Waals surface area contributed by atoms with Crippen LogP contribution in [0, 0.1) is 0 Å². The Morgan fingerprint density at radius 3 is 2.42 bits per heavy atom. The average Bonchev–Trinajstić information content (AvgIpc) is 2.49. The number of hydrogen-bond acceptors (Lipinski definition) is 5. The standard InChI is InChI=1S/C14H14N4O/c19-11-6-9-18(10-7-11)14-5-4-13(16-17-14)12-3-1-2-8-15-12/h1-5,8H,6-7,9-10H2. The Balaban J connectivity index is 1.78. The van der Waals surface area contributed by atoms with Gasteiger partial charge in [-0.15, -0.1) is 10.2 Å². The Kier molecular flexibility index (Phi) is 3.18. The first-order chi connectivity index (χ1) is 9.33. The molecule has 0 bridgehead atoms. The molecule has 1 aliphatic rings. The van der Waals surface area contributed by atoms with E-state index in [4.69, 9.17) is 0 Å². The number of hydrogen-bond donors (Lipinski definition) is 0. The van der Waals surface area contributed by atoms with Crippen LogP contribution in [0.15, 0.2) is 36.5 Å². The molecule has 3 rings (SSSR count). The highest BCUT2D eigenvalue weighted by atomic mass is 16.1. The van der Waals surface area contributed by atoms with Crippen molar-refractivity contribution in [3.8, 4) is 11.4 Å². The molecule has 96 valence electrons. The van der Waals surface area contributed by atoms with Crippen molar-refractivity contribution in [2.45, 2.75) is 12.8 Å². The summed E-state index contributed by atoms with van der Waals surface area (Å²) >= 11 is 0. The molecule has 0 unspecified atom stereocenters. The Labute approximate surface area is 111 Å². The van der Waals surface area contributed by atoms with E-state index in [1.54, 1.807) is 6.20 Å². The molecule has 0 N–H and O–H groups in total. The summed E-state index contributed by atoms with van der Waals surface area (Å²) in [6, 6.07) is 9.56. The molecule has 3 heterocycles. The van der Waals surface area contributed by atoms with Crippen LogP contribution in [0.5, 0.6) is 0 Å². The molecule has 2 aromatic heterocycles. The Morgan fingerprint density at radius 1 is 0.947 bits per heavy atom. The van der Waals surface area contributed by atoms with Gasteiger partial charge >= 0.3 is 0 Å². The molecular formula is C14H14N4O. The van der Waals surface area contributed by atoms with Gasteiger partial charge in [0, 0.05) is 32.1 Å². The number of carbonyl (C=O) groups is 1. The quantitative estimate of drug-likeness (QED) is 0.816. The molecule has 19 heavy (non-hydrogen) atoms. The first kappa shape index (κ1) is 11.8. The molecule has 2 aromatic rings. The van der Waals surface area contributed by atoms with Crippen LogP contribution in [0.1, 0.15) is 12.8 Å². The molecule has 1 saturated heterocycles. The van der Waals surface area contributed by atoms with Gasteiger partial charge in [0.1, 0.15) is 11.5 Å². The number of aromatic nitrogens is 3. The maximum absolute atomic E-state index is 11.2. The highest BCUT2D eigenvalue weighted by Gasteiger charge is 2.17. The van der Waals surface area contributed by atoms with E-state index >= 15 is 0 Å². The minimum absolute atomic E-state index is 0.328. The van der Waals surface area contributed by atoms with Crippen molar-refractivity contribution in [1.82, 2.24) is 15.2 Å². The summed E-state index contributed by atoms with van der Waals surface area (Å²) in [6.45, 7) is 1.47. The van der Waals surface area contributed by atoms with E-state index in [1.807, 2.05) is 30.3 Å². The zero-order valence-corrected chi connectivity index (χ0v) is 10.5. The third kappa shape index (κ3) is 2.59. The van der Waals surface area contributed by atoms with Gasteiger partial charge in [0.05, 0.1) is 5.69 Å². The third-order valence-electron chi connectivity index (χ3n) is 3.22. The second kappa shape index (κ2) is 5.14. The summed E-state index contributed by atoms with van der Waals surface area (Å²) in [5.41, 5.74) is 1.58. The molecule has 5 nitrogen and oxygen atoms in total. The summed E-state index contributed by atoms with van der Waals surface area (Å²) in [5.74, 6) is 1.15. The largest absolute Gasteiger partial charge is 0.354 e. The third-order valence-corrected chi connectivity index (χ3v) is 3.22. The van der Waals surface area contributed by atoms with Crippen LogP contribution in [0.4, 0.5) is 5.82 Å². The fraction of sp³-hybridized carbons (Fsp3) is 0.286. The highest BCUT2D eigenvalue weighted by Crippen LogP contribution is 2.18. The predicted octanol–water partition coefficient (Wildman–Crippen LogP) is 1.71. The maximum Gasteiger partial charge on any atom is 0.151 e. The summed E-state index contributed by atoms with van der Waals surface area (Å²) in [5, 5.41) is 8.43. The van der Waals surface area contributed by atoms with Crippen LogP contribution in [-0.2, 0) is 4.79 Å². The van der Waals surface area contributed by atoms with Crippen LogP contribution < -0.4 is 4.90 Å². The van der Waals surface area contributed by atoms with Crippen molar-refractivity contribution in [2.75, 3.05) is 18.0 Å². The van der Waals surface area contributed by atoms with Gasteiger partial charge in [-0.05, 0) is 24.3 Å². The lowest BCUT2D eigenvalue weighted by atomic mass is 10.1. The summed E-state index contributed by atoms with van der Waals surface area (Å²) < 4.78 is 0. The van der Waals surface area contributed by atoms with Crippen molar-refractivity contribution >= 4 is 11.6 Å². The number of ketones is 1. The number of rotatable bonds is 2. The van der Waals surface area contributed by atoms with Crippen molar-refractivity contribution in [3.63, 3.8) is 0 Å². The topological polar surface area (TPSA) is 59.0 Å². The van der Waals surface area contributed by atoms with E-state index < -0.39 is 0 Å². The van der Waals surface area contributed by atoms with Crippen LogP contribution in [0.25, 0.3) is 11.4 Å². The number of piperidine rings is 1. The van der Waals surface area contributed by atoms with Crippen LogP contribution in [0.3, 0.4) is 0 Å². The molecule has 0 aliphatic carbocycles. The number of nitrogens with zero attached hydrogens (tertiary/aromatic N) is 4. The molecule has 0 radical (unpaired) electrons. The molecule has 0 saturated carbocycles. The first-order valence-electron chi connectivity index (χ1n) is 6.35. The van der Waals surface area contributed by atoms with Crippen molar-refractivity contribution in [2.24, 2.45) is 0 Å². The number of carbonyl (C=O) groups excluding carboxylic acids is 1. The van der Waals surface area contributed by atoms with Gasteiger partial charge in [-0.2, -0.15) is 0 Å². The minimum Gasteiger partial charge on any atom is -0.354 e. The SMILES string of the molecule is O=C1CCN(c2ccc(-c3ccccn3)nn2)CC1. The molecule has 1 aliphatic heterocycles. The minimum atomic E-state index is 0.328. The zero-order valence-electron chi connectivity index (χ0n) is 10.5. The van der Waals surface area contributed by atoms with Crippen LogP contribution in [0.2, 0.25) is 0 Å². The summed E-state index contributed by atoms with van der Waals surface area (Å²) in [7, 11) is 0. The maximum atomic E-state index is 11.2. The molecule has 1 fully saturated rings. The van der Waals surface area contributed by atoms with Gasteiger partial charge in [0.2, 0.25) is 0 Å². The highest BCUT2D eigenvalue weighted by molar-refractivity contribution is 5.80. The van der Waals surface area contributed by atoms with Gasteiger partial charge in [0.25, 0.3) is 0 Å². The van der Waals surface area contributed by atoms with Crippen LogP contribution >= 0.6 is 0 Å². The van der Waals surface area contributed by atoms with E-state index in [2.05, 4.69) is 20.1 Å². The Bertz CT molecular complexity index is 558. The van der Waals surface area contributed by atoms with Gasteiger partial charge in [-0.3, -0.25) is 9.78 Å². The molecular weight excluding hydrogens is 240 g/mol. The Morgan fingerprint density at radius 2 is 1.79 bits per heavy atom. The predicted molar refractivity (Wildman–Crippen MR) is 71.7 cm³/mol. The van der Waals surface area contributed by atoms with Gasteiger partial charge < -0.3 is 4.90 Å². The van der Waals surface area contributed by atoms with Crippen molar-refractivity contribution in [3.05, 3.63) is 36.5 Å². The molecule has 5 heteroatoms. The molecule has 0 amide bonds. The second-order valence-corrected chi connectivity index (χ2v) is 4.52. The molecule has 0 spiro atoms. The van der Waals surface area contributed by atoms with Gasteiger partial charge in [-0.25, -0.2) is 0 Å². The van der Waals surface area contributed by atoms with E-state index in [1.165, 1.54) is 0 Å². The Hall–Kier alpha value is -2.30. The van der Waals surface area contributed by atoms with E-state index in [0.717, 1.165) is 30.3 Å². The zero-order chi connectivity index (χ0) is 13.1. The monoisotopic (exact) mass is 254 g/mol.